The van der Waals surface area contributed by atoms with Crippen LogP contribution in [0.25, 0.3) is 0 Å². The molecule has 0 bridgehead atoms. The second-order valence-electron chi connectivity index (χ2n) is 2.43. The molecule has 68 valence electrons. The molecule has 0 aliphatic rings. The van der Waals surface area contributed by atoms with Gasteiger partial charge >= 0.3 is 0 Å². The maximum absolute atomic E-state index is 7.00. The Bertz CT molecular complexity index is 211. The molecule has 12 heavy (non-hydrogen) atoms. The van der Waals surface area contributed by atoms with Gasteiger partial charge in [0.25, 0.3) is 0 Å². The Kier molecular flexibility index (Phi) is 5.13. The average Bonchev–Trinajstić information content (AvgIpc) is 2.08. The van der Waals surface area contributed by atoms with Gasteiger partial charge in [0.1, 0.15) is 5.75 Å². The maximum atomic E-state index is 7.00. The van der Waals surface area contributed by atoms with Gasteiger partial charge in [-0.1, -0.05) is 18.2 Å². The van der Waals surface area contributed by atoms with Crippen LogP contribution in [0.4, 0.5) is 0 Å². The Labute approximate surface area is 73.8 Å². The van der Waals surface area contributed by atoms with E-state index in [1.165, 1.54) is 11.1 Å². The minimum Gasteiger partial charge on any atom is -0.496 e. The topological polar surface area (TPSA) is 29.5 Å². The summed E-state index contributed by atoms with van der Waals surface area (Å²) >= 11 is 0. The molecule has 1 aromatic rings. The van der Waals surface area contributed by atoms with E-state index >= 15 is 0 Å². The summed E-state index contributed by atoms with van der Waals surface area (Å²) in [5.41, 5.74) is 2.39. The van der Waals surface area contributed by atoms with Crippen molar-refractivity contribution in [2.45, 2.75) is 13.8 Å². The molecule has 0 atom stereocenters. The van der Waals surface area contributed by atoms with E-state index in [-0.39, 0.29) is 0 Å². The van der Waals surface area contributed by atoms with Gasteiger partial charge < -0.3 is 9.84 Å². The van der Waals surface area contributed by atoms with Crippen LogP contribution in [0, 0.1) is 13.8 Å². The number of para-hydroxylation sites is 1. The molecule has 1 aromatic carbocycles. The average molecular weight is 168 g/mol. The quantitative estimate of drug-likeness (QED) is 0.694. The van der Waals surface area contributed by atoms with Crippen molar-refractivity contribution in [2.75, 3.05) is 14.2 Å². The molecule has 0 aromatic heterocycles. The molecule has 0 radical (unpaired) electrons. The predicted molar refractivity (Wildman–Crippen MR) is 50.6 cm³/mol. The Morgan fingerprint density at radius 1 is 1.08 bits per heavy atom. The normalized spacial score (nSPS) is 8.42. The largest absolute Gasteiger partial charge is 0.496 e. The second kappa shape index (κ2) is 5.61. The standard InChI is InChI=1S/C9H12O.CH4O/c1-7-5-4-6-8(2)9(7)10-3;1-2/h4-6H,1-3H3;2H,1H3. The highest BCUT2D eigenvalue weighted by Gasteiger charge is 1.98. The molecule has 0 saturated heterocycles. The Morgan fingerprint density at radius 3 is 1.75 bits per heavy atom. The zero-order valence-corrected chi connectivity index (χ0v) is 8.09. The Hall–Kier alpha value is -1.02. The van der Waals surface area contributed by atoms with Gasteiger partial charge in [-0.25, -0.2) is 0 Å². The van der Waals surface area contributed by atoms with Crippen LogP contribution >= 0.6 is 0 Å². The number of hydrogen-bond donors (Lipinski definition) is 1. The highest BCUT2D eigenvalue weighted by molar-refractivity contribution is 5.39. The van der Waals surface area contributed by atoms with E-state index in [1.807, 2.05) is 32.0 Å². The van der Waals surface area contributed by atoms with Gasteiger partial charge in [0, 0.05) is 7.11 Å². The lowest BCUT2D eigenvalue weighted by Gasteiger charge is -2.06. The van der Waals surface area contributed by atoms with E-state index in [2.05, 4.69) is 0 Å². The molecule has 2 nitrogen and oxygen atoms in total. The highest BCUT2D eigenvalue weighted by atomic mass is 16.5. The van der Waals surface area contributed by atoms with Crippen molar-refractivity contribution < 1.29 is 9.84 Å². The third kappa shape index (κ3) is 2.55. The van der Waals surface area contributed by atoms with Gasteiger partial charge in [-0.15, -0.1) is 0 Å². The van der Waals surface area contributed by atoms with Gasteiger partial charge in [-0.3, -0.25) is 0 Å². The van der Waals surface area contributed by atoms with Gasteiger partial charge in [0.05, 0.1) is 7.11 Å². The summed E-state index contributed by atoms with van der Waals surface area (Å²) in [6.07, 6.45) is 0. The van der Waals surface area contributed by atoms with Crippen molar-refractivity contribution in [3.8, 4) is 5.75 Å². The third-order valence-electron chi connectivity index (χ3n) is 1.61. The first-order chi connectivity index (χ1) is 5.75. The number of ether oxygens (including phenoxy) is 1. The van der Waals surface area contributed by atoms with E-state index in [9.17, 15) is 0 Å². The molecular formula is C10H16O2. The fourth-order valence-corrected chi connectivity index (χ4v) is 1.12. The molecule has 2 heteroatoms. The molecule has 0 unspecified atom stereocenters. The first-order valence-corrected chi connectivity index (χ1v) is 3.80. The number of benzene rings is 1. The van der Waals surface area contributed by atoms with Crippen LogP contribution in [0.2, 0.25) is 0 Å². The van der Waals surface area contributed by atoms with Crippen molar-refractivity contribution in [3.63, 3.8) is 0 Å². The van der Waals surface area contributed by atoms with E-state index in [4.69, 9.17) is 9.84 Å². The lowest BCUT2D eigenvalue weighted by Crippen LogP contribution is -1.89. The van der Waals surface area contributed by atoms with Gasteiger partial charge in [0.2, 0.25) is 0 Å². The van der Waals surface area contributed by atoms with E-state index in [0.29, 0.717) is 0 Å². The van der Waals surface area contributed by atoms with Gasteiger partial charge in [0.15, 0.2) is 0 Å². The molecule has 0 amide bonds. The van der Waals surface area contributed by atoms with Crippen molar-refractivity contribution in [1.82, 2.24) is 0 Å². The van der Waals surface area contributed by atoms with Crippen LogP contribution in [-0.4, -0.2) is 19.3 Å². The van der Waals surface area contributed by atoms with Crippen LogP contribution < -0.4 is 4.74 Å². The molecule has 1 N–H and O–H groups in total. The number of aryl methyl sites for hydroxylation is 2. The molecule has 0 aliphatic heterocycles. The lowest BCUT2D eigenvalue weighted by atomic mass is 10.1. The summed E-state index contributed by atoms with van der Waals surface area (Å²) < 4.78 is 5.18. The Balaban J connectivity index is 0.000000561. The number of methoxy groups -OCH3 is 1. The smallest absolute Gasteiger partial charge is 0.124 e. The zero-order chi connectivity index (χ0) is 9.56. The molecule has 1 rings (SSSR count). The van der Waals surface area contributed by atoms with E-state index in [0.717, 1.165) is 12.9 Å². The van der Waals surface area contributed by atoms with Crippen LogP contribution in [0.15, 0.2) is 18.2 Å². The number of aliphatic hydroxyl groups is 1. The summed E-state index contributed by atoms with van der Waals surface area (Å²) in [4.78, 5) is 0. The fraction of sp³-hybridized carbons (Fsp3) is 0.400. The van der Waals surface area contributed by atoms with Crippen molar-refractivity contribution in [3.05, 3.63) is 29.3 Å². The highest BCUT2D eigenvalue weighted by Crippen LogP contribution is 2.20. The minimum absolute atomic E-state index is 1.00. The Morgan fingerprint density at radius 2 is 1.50 bits per heavy atom. The van der Waals surface area contributed by atoms with Crippen molar-refractivity contribution in [2.24, 2.45) is 0 Å². The van der Waals surface area contributed by atoms with Gasteiger partial charge in [-0.2, -0.15) is 0 Å². The van der Waals surface area contributed by atoms with Crippen molar-refractivity contribution in [1.29, 1.82) is 0 Å². The monoisotopic (exact) mass is 168 g/mol. The molecule has 0 aliphatic carbocycles. The molecule has 0 spiro atoms. The van der Waals surface area contributed by atoms with Crippen LogP contribution in [-0.2, 0) is 0 Å². The number of hydrogen-bond acceptors (Lipinski definition) is 2. The second-order valence-corrected chi connectivity index (χ2v) is 2.43. The first kappa shape index (κ1) is 11.0. The minimum atomic E-state index is 1.00. The maximum Gasteiger partial charge on any atom is 0.124 e. The fourth-order valence-electron chi connectivity index (χ4n) is 1.12. The third-order valence-corrected chi connectivity index (χ3v) is 1.61. The summed E-state index contributed by atoms with van der Waals surface area (Å²) in [5, 5.41) is 7.00. The molecular weight excluding hydrogens is 152 g/mol. The SMILES string of the molecule is CO.COc1c(C)cccc1C. The molecule has 0 saturated carbocycles. The van der Waals surface area contributed by atoms with E-state index < -0.39 is 0 Å². The first-order valence-electron chi connectivity index (χ1n) is 3.80. The molecule has 0 fully saturated rings. The zero-order valence-electron chi connectivity index (χ0n) is 8.09. The lowest BCUT2D eigenvalue weighted by molar-refractivity contribution is 0.399. The summed E-state index contributed by atoms with van der Waals surface area (Å²) in [7, 11) is 2.70. The summed E-state index contributed by atoms with van der Waals surface area (Å²) in [5.74, 6) is 1.00. The number of rotatable bonds is 1. The van der Waals surface area contributed by atoms with Crippen LogP contribution in [0.5, 0.6) is 5.75 Å². The van der Waals surface area contributed by atoms with Crippen molar-refractivity contribution >= 4 is 0 Å². The van der Waals surface area contributed by atoms with Crippen LogP contribution in [0.1, 0.15) is 11.1 Å². The predicted octanol–water partition coefficient (Wildman–Crippen LogP) is 1.92. The summed E-state index contributed by atoms with van der Waals surface area (Å²) in [6.45, 7) is 4.09. The van der Waals surface area contributed by atoms with Gasteiger partial charge in [-0.05, 0) is 25.0 Å². The molecule has 0 heterocycles. The van der Waals surface area contributed by atoms with Crippen LogP contribution in [0.3, 0.4) is 0 Å². The number of aliphatic hydroxyl groups excluding tert-OH is 1. The summed E-state index contributed by atoms with van der Waals surface area (Å²) in [6, 6.07) is 6.13. The van der Waals surface area contributed by atoms with E-state index in [1.54, 1.807) is 7.11 Å².